The molecule has 0 aliphatic heterocycles. The van der Waals surface area contributed by atoms with Crippen molar-refractivity contribution in [2.75, 3.05) is 20.3 Å². The van der Waals surface area contributed by atoms with E-state index in [1.165, 1.54) is 0 Å². The van der Waals surface area contributed by atoms with E-state index < -0.39 is 0 Å². The van der Waals surface area contributed by atoms with E-state index >= 15 is 0 Å². The Bertz CT molecular complexity index is 801. The Morgan fingerprint density at radius 3 is 2.27 bits per heavy atom. The summed E-state index contributed by atoms with van der Waals surface area (Å²) < 4.78 is 17.0. The zero-order valence-corrected chi connectivity index (χ0v) is 18.9. The highest BCUT2D eigenvalue weighted by Gasteiger charge is 2.10. The average molecular weight is 414 g/mol. The maximum atomic E-state index is 12.6. The Kier molecular flexibility index (Phi) is 9.52. The van der Waals surface area contributed by atoms with Gasteiger partial charge in [-0.15, -0.1) is 0 Å². The van der Waals surface area contributed by atoms with E-state index in [9.17, 15) is 4.79 Å². The molecule has 164 valence electrons. The minimum Gasteiger partial charge on any atom is -0.494 e. The standard InChI is InChI=1S/C25H35NO4/c1-18(2)11-13-29-22-8-6-7-21(16-22)25(27)26-17-20-9-10-23(24(15-20)28-5)30-14-12-19(3)4/h6-10,15-16,18-19H,11-14,17H2,1-5H3,(H,26,27). The summed E-state index contributed by atoms with van der Waals surface area (Å²) in [5.41, 5.74) is 1.53. The first-order chi connectivity index (χ1) is 14.4. The van der Waals surface area contributed by atoms with Gasteiger partial charge in [-0.25, -0.2) is 0 Å². The highest BCUT2D eigenvalue weighted by Crippen LogP contribution is 2.28. The lowest BCUT2D eigenvalue weighted by Crippen LogP contribution is -2.22. The van der Waals surface area contributed by atoms with Crippen LogP contribution < -0.4 is 19.5 Å². The monoisotopic (exact) mass is 413 g/mol. The predicted molar refractivity (Wildman–Crippen MR) is 121 cm³/mol. The van der Waals surface area contributed by atoms with E-state index in [-0.39, 0.29) is 5.91 Å². The summed E-state index contributed by atoms with van der Waals surface area (Å²) in [4.78, 5) is 12.6. The van der Waals surface area contributed by atoms with Gasteiger partial charge in [0.2, 0.25) is 0 Å². The van der Waals surface area contributed by atoms with Crippen LogP contribution in [-0.4, -0.2) is 26.2 Å². The van der Waals surface area contributed by atoms with Gasteiger partial charge in [0.25, 0.3) is 5.91 Å². The molecule has 5 heteroatoms. The van der Waals surface area contributed by atoms with Crippen LogP contribution in [0.25, 0.3) is 0 Å². The number of methoxy groups -OCH3 is 1. The highest BCUT2D eigenvalue weighted by molar-refractivity contribution is 5.94. The maximum absolute atomic E-state index is 12.6. The largest absolute Gasteiger partial charge is 0.494 e. The van der Waals surface area contributed by atoms with Crippen LogP contribution in [0.1, 0.15) is 56.5 Å². The van der Waals surface area contributed by atoms with Crippen molar-refractivity contribution in [2.24, 2.45) is 11.8 Å². The third kappa shape index (κ3) is 7.97. The number of carbonyl (C=O) groups is 1. The van der Waals surface area contributed by atoms with E-state index in [4.69, 9.17) is 14.2 Å². The number of hydrogen-bond donors (Lipinski definition) is 1. The van der Waals surface area contributed by atoms with E-state index in [1.54, 1.807) is 19.2 Å². The quantitative estimate of drug-likeness (QED) is 0.501. The van der Waals surface area contributed by atoms with Crippen LogP contribution in [0, 0.1) is 11.8 Å². The molecule has 0 saturated carbocycles. The molecule has 0 aliphatic rings. The van der Waals surface area contributed by atoms with E-state index in [1.807, 2.05) is 30.3 Å². The second-order valence-electron chi connectivity index (χ2n) is 8.26. The average Bonchev–Trinajstić information content (AvgIpc) is 2.72. The smallest absolute Gasteiger partial charge is 0.251 e. The molecule has 1 amide bonds. The number of ether oxygens (including phenoxy) is 3. The summed E-state index contributed by atoms with van der Waals surface area (Å²) in [5.74, 6) is 3.14. The number of nitrogens with one attached hydrogen (secondary N) is 1. The van der Waals surface area contributed by atoms with Crippen LogP contribution in [0.5, 0.6) is 17.2 Å². The molecule has 2 aromatic rings. The number of carbonyl (C=O) groups excluding carboxylic acids is 1. The van der Waals surface area contributed by atoms with Crippen molar-refractivity contribution < 1.29 is 19.0 Å². The molecule has 1 N–H and O–H groups in total. The number of rotatable bonds is 12. The van der Waals surface area contributed by atoms with Gasteiger partial charge in [-0.3, -0.25) is 4.79 Å². The summed E-state index contributed by atoms with van der Waals surface area (Å²) >= 11 is 0. The normalized spacial score (nSPS) is 10.9. The topological polar surface area (TPSA) is 56.8 Å². The van der Waals surface area contributed by atoms with Gasteiger partial charge in [-0.2, -0.15) is 0 Å². The zero-order valence-electron chi connectivity index (χ0n) is 18.9. The van der Waals surface area contributed by atoms with E-state index in [0.717, 1.165) is 24.2 Å². The predicted octanol–water partition coefficient (Wildman–Crippen LogP) is 5.48. The van der Waals surface area contributed by atoms with Crippen LogP contribution in [0.2, 0.25) is 0 Å². The minimum absolute atomic E-state index is 0.138. The molecular formula is C25H35NO4. The Morgan fingerprint density at radius 1 is 0.900 bits per heavy atom. The van der Waals surface area contributed by atoms with Crippen molar-refractivity contribution in [3.8, 4) is 17.2 Å². The maximum Gasteiger partial charge on any atom is 0.251 e. The minimum atomic E-state index is -0.138. The summed E-state index contributed by atoms with van der Waals surface area (Å²) in [5, 5.41) is 2.95. The van der Waals surface area contributed by atoms with Crippen molar-refractivity contribution >= 4 is 5.91 Å². The van der Waals surface area contributed by atoms with Gasteiger partial charge in [-0.1, -0.05) is 39.8 Å². The second kappa shape index (κ2) is 12.1. The number of hydrogen-bond acceptors (Lipinski definition) is 4. The number of amides is 1. The van der Waals surface area contributed by atoms with Crippen LogP contribution in [0.15, 0.2) is 42.5 Å². The van der Waals surface area contributed by atoms with Gasteiger partial charge in [0.1, 0.15) is 5.75 Å². The molecule has 0 atom stereocenters. The molecule has 0 aliphatic carbocycles. The fraction of sp³-hybridized carbons (Fsp3) is 0.480. The second-order valence-corrected chi connectivity index (χ2v) is 8.26. The van der Waals surface area contributed by atoms with Gasteiger partial charge in [0.05, 0.1) is 20.3 Å². The van der Waals surface area contributed by atoms with Gasteiger partial charge in [-0.05, 0) is 60.6 Å². The first-order valence-corrected chi connectivity index (χ1v) is 10.7. The van der Waals surface area contributed by atoms with Gasteiger partial charge < -0.3 is 19.5 Å². The molecule has 0 bridgehead atoms. The zero-order chi connectivity index (χ0) is 21.9. The molecule has 5 nitrogen and oxygen atoms in total. The molecule has 0 radical (unpaired) electrons. The summed E-state index contributed by atoms with van der Waals surface area (Å²) in [6, 6.07) is 13.0. The fourth-order valence-corrected chi connectivity index (χ4v) is 2.77. The summed E-state index contributed by atoms with van der Waals surface area (Å²) in [6.45, 7) is 10.4. The molecule has 0 saturated heterocycles. The Balaban J connectivity index is 1.92. The SMILES string of the molecule is COc1cc(CNC(=O)c2cccc(OCCC(C)C)c2)ccc1OCCC(C)C. The molecule has 0 unspecified atom stereocenters. The van der Waals surface area contributed by atoms with Crippen molar-refractivity contribution in [2.45, 2.75) is 47.1 Å². The van der Waals surface area contributed by atoms with Crippen LogP contribution in [-0.2, 0) is 6.54 Å². The van der Waals surface area contributed by atoms with Crippen molar-refractivity contribution in [3.05, 3.63) is 53.6 Å². The lowest BCUT2D eigenvalue weighted by atomic mass is 10.1. The number of benzene rings is 2. The molecular weight excluding hydrogens is 378 g/mol. The van der Waals surface area contributed by atoms with Crippen molar-refractivity contribution in [1.29, 1.82) is 0 Å². The van der Waals surface area contributed by atoms with E-state index in [2.05, 4.69) is 33.0 Å². The Hall–Kier alpha value is -2.69. The van der Waals surface area contributed by atoms with Gasteiger partial charge in [0.15, 0.2) is 11.5 Å². The molecule has 2 rings (SSSR count). The van der Waals surface area contributed by atoms with Crippen molar-refractivity contribution in [1.82, 2.24) is 5.32 Å². The third-order valence-corrected chi connectivity index (χ3v) is 4.69. The molecule has 30 heavy (non-hydrogen) atoms. The molecule has 0 aromatic heterocycles. The fourth-order valence-electron chi connectivity index (χ4n) is 2.77. The Morgan fingerprint density at radius 2 is 1.60 bits per heavy atom. The third-order valence-electron chi connectivity index (χ3n) is 4.69. The lowest BCUT2D eigenvalue weighted by Gasteiger charge is -2.14. The van der Waals surface area contributed by atoms with Crippen LogP contribution >= 0.6 is 0 Å². The van der Waals surface area contributed by atoms with Crippen LogP contribution in [0.4, 0.5) is 0 Å². The summed E-state index contributed by atoms with van der Waals surface area (Å²) in [6.07, 6.45) is 1.97. The molecule has 0 fully saturated rings. The summed E-state index contributed by atoms with van der Waals surface area (Å²) in [7, 11) is 1.62. The first-order valence-electron chi connectivity index (χ1n) is 10.7. The van der Waals surface area contributed by atoms with Crippen molar-refractivity contribution in [3.63, 3.8) is 0 Å². The molecule has 0 heterocycles. The molecule has 2 aromatic carbocycles. The van der Waals surface area contributed by atoms with E-state index in [0.29, 0.717) is 48.7 Å². The van der Waals surface area contributed by atoms with Gasteiger partial charge in [0, 0.05) is 12.1 Å². The first kappa shape index (κ1) is 23.6. The van der Waals surface area contributed by atoms with Gasteiger partial charge >= 0.3 is 0 Å². The lowest BCUT2D eigenvalue weighted by molar-refractivity contribution is 0.0950. The van der Waals surface area contributed by atoms with Crippen LogP contribution in [0.3, 0.4) is 0 Å². The molecule has 0 spiro atoms. The Labute approximate surface area is 180 Å². The highest BCUT2D eigenvalue weighted by atomic mass is 16.5.